The van der Waals surface area contributed by atoms with Gasteiger partial charge >= 0.3 is 0 Å². The van der Waals surface area contributed by atoms with Crippen molar-refractivity contribution in [1.29, 1.82) is 0 Å². The van der Waals surface area contributed by atoms with Crippen molar-refractivity contribution in [2.24, 2.45) is 0 Å². The van der Waals surface area contributed by atoms with Gasteiger partial charge in [-0.15, -0.1) is 12.6 Å². The highest BCUT2D eigenvalue weighted by molar-refractivity contribution is 7.80. The highest BCUT2D eigenvalue weighted by atomic mass is 32.1. The quantitative estimate of drug-likeness (QED) is 0.603. The minimum atomic E-state index is 0.930. The monoisotopic (exact) mass is 286 g/mol. The molecule has 0 unspecified atom stereocenters. The van der Waals surface area contributed by atoms with Crippen molar-refractivity contribution in [3.05, 3.63) is 53.6 Å². The fourth-order valence-electron chi connectivity index (χ4n) is 2.20. The van der Waals surface area contributed by atoms with Crippen LogP contribution in [0.4, 0.5) is 0 Å². The molecule has 3 heteroatoms. The van der Waals surface area contributed by atoms with Gasteiger partial charge in [0.15, 0.2) is 5.06 Å². The van der Waals surface area contributed by atoms with Gasteiger partial charge in [-0.25, -0.2) is 0 Å². The number of fused-ring (bicyclic) bond motifs is 1. The second kappa shape index (κ2) is 4.91. The van der Waals surface area contributed by atoms with Crippen molar-refractivity contribution in [2.75, 3.05) is 0 Å². The minimum Gasteiger partial charge on any atom is -0.446 e. The number of thiophene rings is 1. The molecular weight excluding hydrogens is 272 g/mol. The SMILES string of the molecule is Cc1cc(S)cc(C)c1Oc1cc2ccccc2s1. The number of aryl methyl sites for hydroxylation is 2. The fourth-order valence-corrected chi connectivity index (χ4v) is 3.50. The first kappa shape index (κ1) is 12.6. The van der Waals surface area contributed by atoms with Crippen LogP contribution in [0.3, 0.4) is 0 Å². The first-order valence-corrected chi connectivity index (χ1v) is 7.36. The molecule has 0 fully saturated rings. The minimum absolute atomic E-state index is 0.930. The van der Waals surface area contributed by atoms with Gasteiger partial charge in [-0.3, -0.25) is 0 Å². The summed E-state index contributed by atoms with van der Waals surface area (Å²) in [6.45, 7) is 4.10. The maximum atomic E-state index is 6.06. The second-order valence-electron chi connectivity index (χ2n) is 4.61. The summed E-state index contributed by atoms with van der Waals surface area (Å²) in [5.41, 5.74) is 2.23. The third-order valence-electron chi connectivity index (χ3n) is 3.05. The summed E-state index contributed by atoms with van der Waals surface area (Å²) < 4.78 is 7.31. The Labute approximate surface area is 122 Å². The molecule has 2 aromatic carbocycles. The van der Waals surface area contributed by atoms with Crippen LogP contribution < -0.4 is 4.74 Å². The van der Waals surface area contributed by atoms with E-state index >= 15 is 0 Å². The Bertz CT molecular complexity index is 687. The predicted molar refractivity (Wildman–Crippen MR) is 85.1 cm³/mol. The lowest BCUT2D eigenvalue weighted by Gasteiger charge is -2.10. The Morgan fingerprint density at radius 1 is 1.00 bits per heavy atom. The number of ether oxygens (including phenoxy) is 1. The van der Waals surface area contributed by atoms with E-state index in [2.05, 4.69) is 50.7 Å². The molecule has 3 aromatic rings. The maximum absolute atomic E-state index is 6.06. The Morgan fingerprint density at radius 3 is 2.37 bits per heavy atom. The third kappa shape index (κ3) is 2.48. The Hall–Kier alpha value is -1.45. The Balaban J connectivity index is 2.01. The molecule has 0 saturated carbocycles. The zero-order valence-electron chi connectivity index (χ0n) is 10.8. The van der Waals surface area contributed by atoms with Crippen LogP contribution in [-0.4, -0.2) is 0 Å². The molecule has 0 amide bonds. The van der Waals surface area contributed by atoms with Gasteiger partial charge in [0, 0.05) is 15.7 Å². The normalized spacial score (nSPS) is 10.9. The molecule has 0 atom stereocenters. The lowest BCUT2D eigenvalue weighted by molar-refractivity contribution is 0.488. The third-order valence-corrected chi connectivity index (χ3v) is 4.30. The molecular formula is C16H14OS2. The standard InChI is InChI=1S/C16H14OS2/c1-10-7-13(18)8-11(2)16(10)17-15-9-12-5-3-4-6-14(12)19-15/h3-9,18H,1-2H3. The second-order valence-corrected chi connectivity index (χ2v) is 6.18. The average molecular weight is 286 g/mol. The van der Waals surface area contributed by atoms with Gasteiger partial charge < -0.3 is 4.74 Å². The van der Waals surface area contributed by atoms with Gasteiger partial charge in [-0.1, -0.05) is 29.5 Å². The van der Waals surface area contributed by atoms with E-state index in [4.69, 9.17) is 4.74 Å². The number of hydrogen-bond donors (Lipinski definition) is 1. The maximum Gasteiger partial charge on any atom is 0.182 e. The highest BCUT2D eigenvalue weighted by Gasteiger charge is 2.09. The van der Waals surface area contributed by atoms with Crippen molar-refractivity contribution in [1.82, 2.24) is 0 Å². The zero-order chi connectivity index (χ0) is 13.4. The van der Waals surface area contributed by atoms with Crippen LogP contribution in [0.5, 0.6) is 10.8 Å². The van der Waals surface area contributed by atoms with Gasteiger partial charge in [-0.05, 0) is 48.6 Å². The summed E-state index contributed by atoms with van der Waals surface area (Å²) in [6, 6.07) is 14.5. The molecule has 1 aromatic heterocycles. The van der Waals surface area contributed by atoms with Crippen molar-refractivity contribution >= 4 is 34.1 Å². The lowest BCUT2D eigenvalue weighted by atomic mass is 10.1. The van der Waals surface area contributed by atoms with E-state index in [0.29, 0.717) is 0 Å². The fraction of sp³-hybridized carbons (Fsp3) is 0.125. The molecule has 0 radical (unpaired) electrons. The van der Waals surface area contributed by atoms with Crippen LogP contribution in [0.1, 0.15) is 11.1 Å². The molecule has 19 heavy (non-hydrogen) atoms. The Kier molecular flexibility index (Phi) is 3.25. The lowest BCUT2D eigenvalue weighted by Crippen LogP contribution is -1.89. The summed E-state index contributed by atoms with van der Waals surface area (Å²) >= 11 is 6.06. The van der Waals surface area contributed by atoms with Crippen molar-refractivity contribution in [2.45, 2.75) is 18.7 Å². The van der Waals surface area contributed by atoms with Crippen molar-refractivity contribution in [3.8, 4) is 10.8 Å². The van der Waals surface area contributed by atoms with Gasteiger partial charge in [0.05, 0.1) is 0 Å². The van der Waals surface area contributed by atoms with E-state index in [9.17, 15) is 0 Å². The molecule has 0 saturated heterocycles. The molecule has 0 aliphatic carbocycles. The Morgan fingerprint density at radius 2 is 1.68 bits per heavy atom. The summed E-state index contributed by atoms with van der Waals surface area (Å²) in [6.07, 6.45) is 0. The van der Waals surface area contributed by atoms with Crippen LogP contribution >= 0.6 is 24.0 Å². The number of thiol groups is 1. The largest absolute Gasteiger partial charge is 0.446 e. The topological polar surface area (TPSA) is 9.23 Å². The summed E-state index contributed by atoms with van der Waals surface area (Å²) in [5.74, 6) is 0.935. The van der Waals surface area contributed by atoms with Crippen molar-refractivity contribution in [3.63, 3.8) is 0 Å². The summed E-state index contributed by atoms with van der Waals surface area (Å²) in [4.78, 5) is 0.971. The molecule has 96 valence electrons. The molecule has 1 heterocycles. The van der Waals surface area contributed by atoms with Crippen LogP contribution in [0.2, 0.25) is 0 Å². The van der Waals surface area contributed by atoms with Gasteiger partial charge in [-0.2, -0.15) is 0 Å². The molecule has 0 spiro atoms. The van der Waals surface area contributed by atoms with E-state index in [1.807, 2.05) is 18.2 Å². The van der Waals surface area contributed by atoms with Gasteiger partial charge in [0.1, 0.15) is 5.75 Å². The first-order valence-electron chi connectivity index (χ1n) is 6.10. The zero-order valence-corrected chi connectivity index (χ0v) is 12.5. The first-order chi connectivity index (χ1) is 9.13. The molecule has 0 aliphatic rings. The number of rotatable bonds is 2. The van der Waals surface area contributed by atoms with E-state index in [-0.39, 0.29) is 0 Å². The molecule has 0 N–H and O–H groups in total. The van der Waals surface area contributed by atoms with Crippen LogP contribution in [0.15, 0.2) is 47.4 Å². The van der Waals surface area contributed by atoms with E-state index in [1.54, 1.807) is 11.3 Å². The van der Waals surface area contributed by atoms with Crippen molar-refractivity contribution < 1.29 is 4.74 Å². The van der Waals surface area contributed by atoms with E-state index < -0.39 is 0 Å². The van der Waals surface area contributed by atoms with Gasteiger partial charge in [0.25, 0.3) is 0 Å². The van der Waals surface area contributed by atoms with Crippen LogP contribution in [0, 0.1) is 13.8 Å². The van der Waals surface area contributed by atoms with E-state index in [0.717, 1.165) is 26.8 Å². The molecule has 0 aliphatic heterocycles. The number of hydrogen-bond acceptors (Lipinski definition) is 3. The van der Waals surface area contributed by atoms with Gasteiger partial charge in [0.2, 0.25) is 0 Å². The number of benzene rings is 2. The molecule has 0 bridgehead atoms. The summed E-state index contributed by atoms with van der Waals surface area (Å²) in [7, 11) is 0. The predicted octanol–water partition coefficient (Wildman–Crippen LogP) is 5.60. The van der Waals surface area contributed by atoms with Crippen LogP contribution in [0.25, 0.3) is 10.1 Å². The smallest absolute Gasteiger partial charge is 0.182 e. The molecule has 3 rings (SSSR count). The molecule has 1 nitrogen and oxygen atoms in total. The highest BCUT2D eigenvalue weighted by Crippen LogP contribution is 2.37. The summed E-state index contributed by atoms with van der Waals surface area (Å²) in [5, 5.41) is 2.16. The van der Waals surface area contributed by atoms with E-state index in [1.165, 1.54) is 10.1 Å². The average Bonchev–Trinajstić information content (AvgIpc) is 2.76. The van der Waals surface area contributed by atoms with Crippen LogP contribution in [-0.2, 0) is 0 Å².